The van der Waals surface area contributed by atoms with Gasteiger partial charge in [-0.2, -0.15) is 0 Å². The number of hydrogen-bond donors (Lipinski definition) is 2. The lowest BCUT2D eigenvalue weighted by Gasteiger charge is -2.07. The van der Waals surface area contributed by atoms with Gasteiger partial charge in [-0.3, -0.25) is 4.79 Å². The highest BCUT2D eigenvalue weighted by atomic mass is 19.1. The highest BCUT2D eigenvalue weighted by Gasteiger charge is 2.10. The highest BCUT2D eigenvalue weighted by Crippen LogP contribution is 2.19. The summed E-state index contributed by atoms with van der Waals surface area (Å²) in [6.45, 7) is 1.75. The van der Waals surface area contributed by atoms with Gasteiger partial charge in [-0.15, -0.1) is 0 Å². The second-order valence-corrected chi connectivity index (χ2v) is 4.68. The van der Waals surface area contributed by atoms with Gasteiger partial charge in [0.05, 0.1) is 0 Å². The summed E-state index contributed by atoms with van der Waals surface area (Å²) >= 11 is 0. The lowest BCUT2D eigenvalue weighted by Crippen LogP contribution is -2.13. The third-order valence-electron chi connectivity index (χ3n) is 3.21. The molecule has 4 heteroatoms. The number of anilines is 1. The highest BCUT2D eigenvalue weighted by molar-refractivity contribution is 6.06. The Balaban J connectivity index is 1.89. The van der Waals surface area contributed by atoms with E-state index in [9.17, 15) is 9.18 Å². The maximum atomic E-state index is 13.0. The molecule has 3 rings (SSSR count). The lowest BCUT2D eigenvalue weighted by atomic mass is 10.2. The molecule has 1 heterocycles. The van der Waals surface area contributed by atoms with Gasteiger partial charge in [0.15, 0.2) is 0 Å². The summed E-state index contributed by atoms with van der Waals surface area (Å²) in [7, 11) is 0. The molecule has 0 bridgehead atoms. The molecule has 0 atom stereocenters. The van der Waals surface area contributed by atoms with Crippen LogP contribution >= 0.6 is 0 Å². The van der Waals surface area contributed by atoms with Crippen LogP contribution in [0.4, 0.5) is 10.1 Å². The topological polar surface area (TPSA) is 44.9 Å². The zero-order chi connectivity index (χ0) is 14.1. The Morgan fingerprint density at radius 3 is 2.70 bits per heavy atom. The first-order valence-electron chi connectivity index (χ1n) is 6.29. The van der Waals surface area contributed by atoms with Crippen molar-refractivity contribution >= 4 is 22.5 Å². The standard InChI is InChI=1S/C16H13FN2O/c1-10-8-12(17)6-7-13(10)19-16(20)15-9-11-4-2-3-5-14(11)18-15/h2-9,18H,1H3,(H,19,20). The van der Waals surface area contributed by atoms with Gasteiger partial charge in [0.1, 0.15) is 11.5 Å². The molecule has 100 valence electrons. The molecule has 20 heavy (non-hydrogen) atoms. The molecule has 2 N–H and O–H groups in total. The Bertz CT molecular complexity index is 759. The molecule has 3 aromatic rings. The number of H-pyrrole nitrogens is 1. The van der Waals surface area contributed by atoms with Crippen molar-refractivity contribution in [3.8, 4) is 0 Å². The zero-order valence-electron chi connectivity index (χ0n) is 10.9. The predicted molar refractivity (Wildman–Crippen MR) is 77.4 cm³/mol. The molecule has 2 aromatic carbocycles. The number of aryl methyl sites for hydroxylation is 1. The molecule has 0 saturated carbocycles. The molecule has 0 radical (unpaired) electrons. The van der Waals surface area contributed by atoms with Gasteiger partial charge in [-0.25, -0.2) is 4.39 Å². The minimum Gasteiger partial charge on any atom is -0.351 e. The van der Waals surface area contributed by atoms with Crippen molar-refractivity contribution in [3.63, 3.8) is 0 Å². The minimum atomic E-state index is -0.314. The van der Waals surface area contributed by atoms with Crippen LogP contribution in [0.15, 0.2) is 48.5 Å². The fourth-order valence-corrected chi connectivity index (χ4v) is 2.15. The predicted octanol–water partition coefficient (Wildman–Crippen LogP) is 3.87. The van der Waals surface area contributed by atoms with Crippen LogP contribution in [-0.2, 0) is 0 Å². The van der Waals surface area contributed by atoms with Crippen molar-refractivity contribution in [2.24, 2.45) is 0 Å². The van der Waals surface area contributed by atoms with Gasteiger partial charge in [0, 0.05) is 16.6 Å². The van der Waals surface area contributed by atoms with Crippen LogP contribution in [0.5, 0.6) is 0 Å². The molecule has 1 amide bonds. The second kappa shape index (κ2) is 4.81. The van der Waals surface area contributed by atoms with E-state index >= 15 is 0 Å². The third-order valence-corrected chi connectivity index (χ3v) is 3.21. The lowest BCUT2D eigenvalue weighted by molar-refractivity contribution is 0.102. The Morgan fingerprint density at radius 2 is 1.95 bits per heavy atom. The second-order valence-electron chi connectivity index (χ2n) is 4.68. The van der Waals surface area contributed by atoms with Crippen molar-refractivity contribution in [3.05, 3.63) is 65.6 Å². The van der Waals surface area contributed by atoms with E-state index in [0.717, 1.165) is 10.9 Å². The number of carbonyl (C=O) groups is 1. The molecule has 1 aromatic heterocycles. The molecule has 0 saturated heterocycles. The van der Waals surface area contributed by atoms with E-state index in [2.05, 4.69) is 10.3 Å². The summed E-state index contributed by atoms with van der Waals surface area (Å²) in [6, 6.07) is 13.7. The summed E-state index contributed by atoms with van der Waals surface area (Å²) < 4.78 is 13.0. The molecule has 0 aliphatic carbocycles. The average molecular weight is 268 g/mol. The van der Waals surface area contributed by atoms with E-state index in [1.54, 1.807) is 19.1 Å². The number of aromatic amines is 1. The number of rotatable bonds is 2. The number of benzene rings is 2. The summed E-state index contributed by atoms with van der Waals surface area (Å²) in [6.07, 6.45) is 0. The number of nitrogens with one attached hydrogen (secondary N) is 2. The Kier molecular flexibility index (Phi) is 2.99. The summed E-state index contributed by atoms with van der Waals surface area (Å²) in [5.74, 6) is -0.554. The van der Waals surface area contributed by atoms with Crippen LogP contribution < -0.4 is 5.32 Å². The molecular formula is C16H13FN2O. The normalized spacial score (nSPS) is 10.7. The molecule has 0 aliphatic rings. The van der Waals surface area contributed by atoms with Crippen LogP contribution in [0, 0.1) is 12.7 Å². The number of fused-ring (bicyclic) bond motifs is 1. The monoisotopic (exact) mass is 268 g/mol. The fourth-order valence-electron chi connectivity index (χ4n) is 2.15. The molecular weight excluding hydrogens is 255 g/mol. The van der Waals surface area contributed by atoms with E-state index in [1.165, 1.54) is 12.1 Å². The number of halogens is 1. The quantitative estimate of drug-likeness (QED) is 0.728. The molecule has 0 fully saturated rings. The Hall–Kier alpha value is -2.62. The van der Waals surface area contributed by atoms with Crippen LogP contribution in [-0.4, -0.2) is 10.9 Å². The number of carbonyl (C=O) groups excluding carboxylic acids is 1. The first kappa shape index (κ1) is 12.4. The Labute approximate surface area is 115 Å². The maximum Gasteiger partial charge on any atom is 0.272 e. The first-order chi connectivity index (χ1) is 9.63. The summed E-state index contributed by atoms with van der Waals surface area (Å²) in [5, 5.41) is 3.76. The van der Waals surface area contributed by atoms with Crippen molar-refractivity contribution in [2.45, 2.75) is 6.92 Å². The van der Waals surface area contributed by atoms with Gasteiger partial charge >= 0.3 is 0 Å². The van der Waals surface area contributed by atoms with Gasteiger partial charge in [-0.1, -0.05) is 18.2 Å². The zero-order valence-corrected chi connectivity index (χ0v) is 10.9. The van der Waals surface area contributed by atoms with Gasteiger partial charge in [0.25, 0.3) is 5.91 Å². The third kappa shape index (κ3) is 2.28. The number of hydrogen-bond acceptors (Lipinski definition) is 1. The van der Waals surface area contributed by atoms with Crippen molar-refractivity contribution in [1.29, 1.82) is 0 Å². The van der Waals surface area contributed by atoms with E-state index in [-0.39, 0.29) is 11.7 Å². The largest absolute Gasteiger partial charge is 0.351 e. The average Bonchev–Trinajstić information content (AvgIpc) is 2.86. The van der Waals surface area contributed by atoms with Crippen LogP contribution in [0.25, 0.3) is 10.9 Å². The smallest absolute Gasteiger partial charge is 0.272 e. The van der Waals surface area contributed by atoms with Crippen molar-refractivity contribution in [2.75, 3.05) is 5.32 Å². The number of para-hydroxylation sites is 1. The van der Waals surface area contributed by atoms with E-state index in [4.69, 9.17) is 0 Å². The first-order valence-corrected chi connectivity index (χ1v) is 6.29. The molecule has 0 spiro atoms. The van der Waals surface area contributed by atoms with Crippen molar-refractivity contribution < 1.29 is 9.18 Å². The van der Waals surface area contributed by atoms with Gasteiger partial charge < -0.3 is 10.3 Å². The van der Waals surface area contributed by atoms with Gasteiger partial charge in [0.2, 0.25) is 0 Å². The number of amides is 1. The minimum absolute atomic E-state index is 0.240. The SMILES string of the molecule is Cc1cc(F)ccc1NC(=O)c1cc2ccccc2[nH]1. The molecule has 0 unspecified atom stereocenters. The van der Waals surface area contributed by atoms with Crippen LogP contribution in [0.3, 0.4) is 0 Å². The van der Waals surface area contributed by atoms with Crippen LogP contribution in [0.2, 0.25) is 0 Å². The summed E-state index contributed by atoms with van der Waals surface area (Å²) in [5.41, 5.74) is 2.69. The van der Waals surface area contributed by atoms with Crippen LogP contribution in [0.1, 0.15) is 16.1 Å². The van der Waals surface area contributed by atoms with Gasteiger partial charge in [-0.05, 0) is 42.8 Å². The summed E-state index contributed by atoms with van der Waals surface area (Å²) in [4.78, 5) is 15.2. The number of aromatic nitrogens is 1. The Morgan fingerprint density at radius 1 is 1.15 bits per heavy atom. The van der Waals surface area contributed by atoms with Crippen molar-refractivity contribution in [1.82, 2.24) is 4.98 Å². The fraction of sp³-hybridized carbons (Fsp3) is 0.0625. The van der Waals surface area contributed by atoms with E-state index in [0.29, 0.717) is 16.9 Å². The molecule has 3 nitrogen and oxygen atoms in total. The molecule has 0 aliphatic heterocycles. The van der Waals surface area contributed by atoms with E-state index in [1.807, 2.05) is 24.3 Å². The maximum absolute atomic E-state index is 13.0. The van der Waals surface area contributed by atoms with E-state index < -0.39 is 0 Å².